The van der Waals surface area contributed by atoms with Crippen LogP contribution in [0.3, 0.4) is 0 Å². The number of aromatic nitrogens is 2. The molecule has 1 rings (SSSR count). The van der Waals surface area contributed by atoms with E-state index in [1.54, 1.807) is 0 Å². The van der Waals surface area contributed by atoms with Gasteiger partial charge in [-0.3, -0.25) is 0 Å². The molecule has 8 heavy (non-hydrogen) atoms. The van der Waals surface area contributed by atoms with E-state index >= 15 is 0 Å². The predicted molar refractivity (Wildman–Crippen MR) is 24.1 cm³/mol. The van der Waals surface area contributed by atoms with Crippen LogP contribution in [0.15, 0.2) is 10.7 Å². The third-order valence-corrected chi connectivity index (χ3v) is 0.633. The fourth-order valence-electron chi connectivity index (χ4n) is 0.289. The third-order valence-electron chi connectivity index (χ3n) is 0.633. The van der Waals surface area contributed by atoms with Crippen molar-refractivity contribution in [2.45, 2.75) is 0 Å². The van der Waals surface area contributed by atoms with Gasteiger partial charge < -0.3 is 14.6 Å². The molecule has 0 aliphatic heterocycles. The van der Waals surface area contributed by atoms with E-state index < -0.39 is 7.12 Å². The van der Waals surface area contributed by atoms with Crippen molar-refractivity contribution in [3.05, 3.63) is 6.20 Å². The molecular weight excluding hydrogens is 111 g/mol. The first-order valence-electron chi connectivity index (χ1n) is 1.94. The molecule has 6 heteroatoms. The van der Waals surface area contributed by atoms with Crippen molar-refractivity contribution in [2.24, 2.45) is 0 Å². The lowest BCUT2D eigenvalue weighted by Crippen LogP contribution is -2.28. The van der Waals surface area contributed by atoms with Gasteiger partial charge in [-0.05, 0) is 0 Å². The van der Waals surface area contributed by atoms with Gasteiger partial charge in [0.15, 0.2) is 5.66 Å². The van der Waals surface area contributed by atoms with Crippen molar-refractivity contribution in [3.8, 4) is 0 Å². The zero-order valence-corrected chi connectivity index (χ0v) is 3.85. The molecule has 0 aliphatic rings. The van der Waals surface area contributed by atoms with E-state index in [0.717, 1.165) is 6.20 Å². The van der Waals surface area contributed by atoms with Gasteiger partial charge in [-0.2, -0.15) is 0 Å². The highest BCUT2D eigenvalue weighted by Crippen LogP contribution is 1.71. The number of rotatable bonds is 1. The molecule has 1 aromatic heterocycles. The summed E-state index contributed by atoms with van der Waals surface area (Å²) in [5.74, 6) is 0. The maximum absolute atomic E-state index is 8.29. The molecule has 0 saturated carbocycles. The third kappa shape index (κ3) is 0.851. The van der Waals surface area contributed by atoms with Crippen molar-refractivity contribution in [1.29, 1.82) is 0 Å². The number of hydrogen-bond donors (Lipinski definition) is 2. The zero-order valence-electron chi connectivity index (χ0n) is 3.85. The van der Waals surface area contributed by atoms with Crippen LogP contribution in [0.1, 0.15) is 0 Å². The monoisotopic (exact) mass is 114 g/mol. The van der Waals surface area contributed by atoms with Crippen LogP contribution in [0.25, 0.3) is 0 Å². The molecule has 0 atom stereocenters. The van der Waals surface area contributed by atoms with Crippen LogP contribution in [0, 0.1) is 0 Å². The van der Waals surface area contributed by atoms with Crippen LogP contribution in [0.5, 0.6) is 0 Å². The highest BCUT2D eigenvalue weighted by Gasteiger charge is 2.15. The van der Waals surface area contributed by atoms with Crippen LogP contribution in [0.2, 0.25) is 0 Å². The summed E-state index contributed by atoms with van der Waals surface area (Å²) in [6, 6.07) is 0. The maximum Gasteiger partial charge on any atom is 0.531 e. The second kappa shape index (κ2) is 1.93. The van der Waals surface area contributed by atoms with Crippen LogP contribution in [0.4, 0.5) is 0 Å². The van der Waals surface area contributed by atoms with Gasteiger partial charge in [0.1, 0.15) is 0 Å². The number of hydrogen-bond acceptors (Lipinski definition) is 5. The molecule has 0 radical (unpaired) electrons. The smallest absolute Gasteiger partial charge is 0.421 e. The topological polar surface area (TPSA) is 79.4 Å². The summed E-state index contributed by atoms with van der Waals surface area (Å²) in [6.07, 6.45) is 1.13. The molecule has 0 amide bonds. The molecule has 0 bridgehead atoms. The summed E-state index contributed by atoms with van der Waals surface area (Å²) in [5, 5.41) is 22.8. The first kappa shape index (κ1) is 5.27. The van der Waals surface area contributed by atoms with E-state index in [0.29, 0.717) is 0 Å². The van der Waals surface area contributed by atoms with Gasteiger partial charge in [-0.25, -0.2) is 0 Å². The Labute approximate surface area is 45.1 Å². The van der Waals surface area contributed by atoms with Gasteiger partial charge in [0.05, 0.1) is 6.20 Å². The van der Waals surface area contributed by atoms with Crippen molar-refractivity contribution in [1.82, 2.24) is 10.4 Å². The Balaban J connectivity index is 2.77. The maximum atomic E-state index is 8.29. The second-order valence-corrected chi connectivity index (χ2v) is 1.19. The van der Waals surface area contributed by atoms with Crippen molar-refractivity contribution >= 4 is 12.8 Å². The molecule has 42 valence electrons. The SMILES string of the molecule is OB(O)c1cnno1. The van der Waals surface area contributed by atoms with Crippen molar-refractivity contribution in [2.75, 3.05) is 0 Å². The number of nitrogens with zero attached hydrogens (tertiary/aromatic N) is 2. The fourth-order valence-corrected chi connectivity index (χ4v) is 0.289. The highest BCUT2D eigenvalue weighted by molar-refractivity contribution is 6.56. The molecule has 0 aliphatic carbocycles. The standard InChI is InChI=1S/C2H3BN2O3/c6-3(7)2-1-4-5-8-2/h1,6-7H. The normalized spacial score (nSPS) is 9.25. The second-order valence-electron chi connectivity index (χ2n) is 1.19. The van der Waals surface area contributed by atoms with Gasteiger partial charge in [0.25, 0.3) is 0 Å². The van der Waals surface area contributed by atoms with Gasteiger partial charge in [0.2, 0.25) is 0 Å². The minimum Gasteiger partial charge on any atom is -0.421 e. The van der Waals surface area contributed by atoms with Gasteiger partial charge in [-0.1, -0.05) is 0 Å². The summed E-state index contributed by atoms with van der Waals surface area (Å²) in [6.45, 7) is 0. The molecule has 1 aromatic rings. The van der Waals surface area contributed by atoms with E-state index in [1.807, 2.05) is 0 Å². The lowest BCUT2D eigenvalue weighted by molar-refractivity contribution is 0.372. The quantitative estimate of drug-likeness (QED) is 0.403. The van der Waals surface area contributed by atoms with E-state index in [2.05, 4.69) is 14.9 Å². The summed E-state index contributed by atoms with van der Waals surface area (Å²) in [4.78, 5) is 0. The van der Waals surface area contributed by atoms with Crippen LogP contribution in [-0.4, -0.2) is 27.5 Å². The predicted octanol–water partition coefficient (Wildman–Crippen LogP) is -2.25. The Bertz CT molecular complexity index is 150. The Morgan fingerprint density at radius 1 is 1.62 bits per heavy atom. The summed E-state index contributed by atoms with van der Waals surface area (Å²) < 4.78 is 4.23. The lowest BCUT2D eigenvalue weighted by atomic mass is 9.89. The van der Waals surface area contributed by atoms with Crippen molar-refractivity contribution in [3.63, 3.8) is 0 Å². The molecule has 1 heterocycles. The van der Waals surface area contributed by atoms with E-state index in [4.69, 9.17) is 10.0 Å². The van der Waals surface area contributed by atoms with Crippen LogP contribution >= 0.6 is 0 Å². The molecule has 0 saturated heterocycles. The van der Waals surface area contributed by atoms with E-state index in [1.165, 1.54) is 0 Å². The summed E-state index contributed by atoms with van der Waals surface area (Å²) in [5.41, 5.74) is -0.0509. The molecule has 5 nitrogen and oxygen atoms in total. The lowest BCUT2D eigenvalue weighted by Gasteiger charge is -1.83. The Kier molecular flexibility index (Phi) is 1.27. The van der Waals surface area contributed by atoms with Crippen molar-refractivity contribution < 1.29 is 14.6 Å². The largest absolute Gasteiger partial charge is 0.531 e. The molecular formula is C2H3BN2O3. The van der Waals surface area contributed by atoms with Gasteiger partial charge >= 0.3 is 7.12 Å². The van der Waals surface area contributed by atoms with Gasteiger partial charge in [-0.15, -0.1) is 5.10 Å². The molecule has 0 spiro atoms. The Hall–Kier alpha value is -0.875. The summed E-state index contributed by atoms with van der Waals surface area (Å²) >= 11 is 0. The molecule has 0 aromatic carbocycles. The van der Waals surface area contributed by atoms with Crippen LogP contribution < -0.4 is 5.66 Å². The minimum atomic E-state index is -1.61. The molecule has 0 fully saturated rings. The van der Waals surface area contributed by atoms with Gasteiger partial charge in [0, 0.05) is 5.27 Å². The zero-order chi connectivity index (χ0) is 5.98. The molecule has 2 N–H and O–H groups in total. The summed E-state index contributed by atoms with van der Waals surface area (Å²) in [7, 11) is -1.61. The van der Waals surface area contributed by atoms with E-state index in [9.17, 15) is 0 Å². The average Bonchev–Trinajstić information content (AvgIpc) is 2.12. The van der Waals surface area contributed by atoms with E-state index in [-0.39, 0.29) is 5.66 Å². The fraction of sp³-hybridized carbons (Fsp3) is 0. The highest BCUT2D eigenvalue weighted by atomic mass is 16.5. The minimum absolute atomic E-state index is 0.0509. The first-order chi connectivity index (χ1) is 3.80. The van der Waals surface area contributed by atoms with Crippen LogP contribution in [-0.2, 0) is 0 Å². The average molecular weight is 114 g/mol. The Morgan fingerprint density at radius 3 is 2.62 bits per heavy atom. The first-order valence-corrected chi connectivity index (χ1v) is 1.94. The molecule has 0 unspecified atom stereocenters. The Morgan fingerprint density at radius 2 is 2.38 bits per heavy atom.